The lowest BCUT2D eigenvalue weighted by atomic mass is 10.0. The molecule has 26 heavy (non-hydrogen) atoms. The van der Waals surface area contributed by atoms with E-state index >= 15 is 0 Å². The fourth-order valence-corrected chi connectivity index (χ4v) is 3.48. The van der Waals surface area contributed by atoms with Crippen molar-refractivity contribution < 1.29 is 9.90 Å². The van der Waals surface area contributed by atoms with Gasteiger partial charge in [-0.25, -0.2) is 4.98 Å². The number of β-amino-alcohol motifs (C(OH)–C–C–N with tert-alkyl or cyclic N) is 1. The molecular formula is C19H21N5O2. The van der Waals surface area contributed by atoms with Gasteiger partial charge in [0.2, 0.25) is 0 Å². The summed E-state index contributed by atoms with van der Waals surface area (Å²) in [6, 6.07) is 7.34. The van der Waals surface area contributed by atoms with Crippen LogP contribution in [0, 0.1) is 5.92 Å². The molecule has 1 aromatic carbocycles. The number of imidazole rings is 1. The summed E-state index contributed by atoms with van der Waals surface area (Å²) >= 11 is 0. The number of rotatable bonds is 4. The monoisotopic (exact) mass is 351 g/mol. The van der Waals surface area contributed by atoms with Gasteiger partial charge in [-0.15, -0.1) is 0 Å². The molecule has 7 heteroatoms. The van der Waals surface area contributed by atoms with Gasteiger partial charge in [0.15, 0.2) is 5.65 Å². The van der Waals surface area contributed by atoms with E-state index in [1.165, 1.54) is 0 Å². The molecule has 3 N–H and O–H groups in total. The van der Waals surface area contributed by atoms with Gasteiger partial charge in [-0.3, -0.25) is 9.78 Å². The zero-order valence-corrected chi connectivity index (χ0v) is 14.3. The summed E-state index contributed by atoms with van der Waals surface area (Å²) in [4.78, 5) is 23.0. The second kappa shape index (κ2) is 6.86. The van der Waals surface area contributed by atoms with E-state index in [1.807, 2.05) is 35.0 Å². The van der Waals surface area contributed by atoms with Crippen LogP contribution in [0.4, 0.5) is 0 Å². The van der Waals surface area contributed by atoms with Gasteiger partial charge in [-0.05, 0) is 24.1 Å². The van der Waals surface area contributed by atoms with Crippen LogP contribution in [0.3, 0.4) is 0 Å². The Bertz CT molecular complexity index is 938. The van der Waals surface area contributed by atoms with Crippen molar-refractivity contribution in [3.05, 3.63) is 65.9 Å². The first-order valence-corrected chi connectivity index (χ1v) is 8.68. The van der Waals surface area contributed by atoms with Crippen LogP contribution in [0.2, 0.25) is 0 Å². The molecule has 4 rings (SSSR count). The van der Waals surface area contributed by atoms with Crippen molar-refractivity contribution in [2.45, 2.75) is 19.1 Å². The van der Waals surface area contributed by atoms with Crippen LogP contribution in [0.15, 0.2) is 49.1 Å². The Hall–Kier alpha value is -2.77. The predicted octanol–water partition coefficient (Wildman–Crippen LogP) is 0.864. The van der Waals surface area contributed by atoms with Crippen LogP contribution >= 0.6 is 0 Å². The molecule has 0 radical (unpaired) electrons. The first-order valence-electron chi connectivity index (χ1n) is 8.68. The van der Waals surface area contributed by atoms with E-state index in [0.717, 1.165) is 16.9 Å². The highest BCUT2D eigenvalue weighted by atomic mass is 16.3. The number of aliphatic hydroxyl groups is 1. The highest BCUT2D eigenvalue weighted by Crippen LogP contribution is 2.23. The Morgan fingerprint density at radius 3 is 3.04 bits per heavy atom. The molecule has 3 aromatic rings. The number of hydrogen-bond acceptors (Lipinski definition) is 5. The summed E-state index contributed by atoms with van der Waals surface area (Å²) < 4.78 is 1.91. The third-order valence-corrected chi connectivity index (χ3v) is 4.91. The minimum absolute atomic E-state index is 0.0369. The largest absolute Gasteiger partial charge is 0.391 e. The minimum atomic E-state index is -0.558. The maximum absolute atomic E-state index is 12.7. The van der Waals surface area contributed by atoms with Crippen LogP contribution in [0.5, 0.6) is 0 Å². The van der Waals surface area contributed by atoms with Crippen molar-refractivity contribution in [1.82, 2.24) is 19.3 Å². The van der Waals surface area contributed by atoms with Gasteiger partial charge in [0.05, 0.1) is 18.0 Å². The predicted molar refractivity (Wildman–Crippen MR) is 96.4 cm³/mol. The first-order chi connectivity index (χ1) is 12.6. The molecule has 0 aliphatic carbocycles. The SMILES string of the molecule is NCc1cccc(C(=O)N2C[C@H](Cc3cn4ccnc4cn3)[C@H](O)C2)c1. The summed E-state index contributed by atoms with van der Waals surface area (Å²) in [6.07, 6.45) is 7.29. The smallest absolute Gasteiger partial charge is 0.253 e. The van der Waals surface area contributed by atoms with E-state index in [0.29, 0.717) is 31.6 Å². The number of hydrogen-bond donors (Lipinski definition) is 2. The number of aliphatic hydroxyl groups excluding tert-OH is 1. The van der Waals surface area contributed by atoms with Crippen LogP contribution in [-0.2, 0) is 13.0 Å². The molecule has 0 saturated carbocycles. The number of likely N-dealkylation sites (tertiary alicyclic amines) is 1. The van der Waals surface area contributed by atoms with Crippen LogP contribution in [0.1, 0.15) is 21.6 Å². The average molecular weight is 351 g/mol. The number of nitrogens with zero attached hydrogens (tertiary/aromatic N) is 4. The van der Waals surface area contributed by atoms with Gasteiger partial charge >= 0.3 is 0 Å². The van der Waals surface area contributed by atoms with Gasteiger partial charge in [0.1, 0.15) is 0 Å². The van der Waals surface area contributed by atoms with Crippen molar-refractivity contribution in [1.29, 1.82) is 0 Å². The lowest BCUT2D eigenvalue weighted by Crippen LogP contribution is -2.29. The molecule has 3 heterocycles. The minimum Gasteiger partial charge on any atom is -0.391 e. The molecule has 134 valence electrons. The summed E-state index contributed by atoms with van der Waals surface area (Å²) in [5, 5.41) is 10.4. The van der Waals surface area contributed by atoms with Crippen LogP contribution in [0.25, 0.3) is 5.65 Å². The van der Waals surface area contributed by atoms with Gasteiger partial charge in [0, 0.05) is 49.7 Å². The normalized spacial score (nSPS) is 20.0. The molecule has 2 aromatic heterocycles. The molecule has 0 unspecified atom stereocenters. The third kappa shape index (κ3) is 3.18. The van der Waals surface area contributed by atoms with Gasteiger partial charge in [-0.1, -0.05) is 12.1 Å². The lowest BCUT2D eigenvalue weighted by Gasteiger charge is -2.16. The zero-order chi connectivity index (χ0) is 18.1. The molecule has 1 fully saturated rings. The highest BCUT2D eigenvalue weighted by Gasteiger charge is 2.34. The van der Waals surface area contributed by atoms with E-state index in [9.17, 15) is 9.90 Å². The van der Waals surface area contributed by atoms with E-state index in [4.69, 9.17) is 5.73 Å². The molecule has 0 bridgehead atoms. The topological polar surface area (TPSA) is 96.8 Å². The second-order valence-corrected chi connectivity index (χ2v) is 6.72. The molecule has 1 amide bonds. The molecule has 0 spiro atoms. The number of nitrogens with two attached hydrogens (primary N) is 1. The number of fused-ring (bicyclic) bond motifs is 1. The highest BCUT2D eigenvalue weighted by molar-refractivity contribution is 5.94. The average Bonchev–Trinajstić information content (AvgIpc) is 3.27. The Morgan fingerprint density at radius 2 is 2.19 bits per heavy atom. The van der Waals surface area contributed by atoms with Gasteiger partial charge in [-0.2, -0.15) is 0 Å². The molecule has 2 atom stereocenters. The molecule has 1 aliphatic heterocycles. The molecule has 1 aliphatic rings. The van der Waals surface area contributed by atoms with Crippen molar-refractivity contribution in [2.75, 3.05) is 13.1 Å². The quantitative estimate of drug-likeness (QED) is 0.727. The fourth-order valence-electron chi connectivity index (χ4n) is 3.48. The third-order valence-electron chi connectivity index (χ3n) is 4.91. The molecular weight excluding hydrogens is 330 g/mol. The maximum Gasteiger partial charge on any atom is 0.253 e. The summed E-state index contributed by atoms with van der Waals surface area (Å²) in [5.74, 6) is -0.106. The fraction of sp³-hybridized carbons (Fsp3) is 0.316. The summed E-state index contributed by atoms with van der Waals surface area (Å²) in [6.45, 7) is 1.24. The number of aromatic nitrogens is 3. The van der Waals surface area contributed by atoms with Crippen molar-refractivity contribution >= 4 is 11.6 Å². The molecule has 7 nitrogen and oxygen atoms in total. The van der Waals surface area contributed by atoms with E-state index < -0.39 is 6.10 Å². The zero-order valence-electron chi connectivity index (χ0n) is 14.3. The second-order valence-electron chi connectivity index (χ2n) is 6.72. The van der Waals surface area contributed by atoms with Gasteiger partial charge < -0.3 is 20.1 Å². The van der Waals surface area contributed by atoms with E-state index in [1.54, 1.807) is 23.4 Å². The lowest BCUT2D eigenvalue weighted by molar-refractivity contribution is 0.0764. The number of benzene rings is 1. The van der Waals surface area contributed by atoms with E-state index in [-0.39, 0.29) is 11.8 Å². The first kappa shape index (κ1) is 16.7. The standard InChI is InChI=1S/C19H21N5O2/c20-8-13-2-1-3-14(6-13)19(26)24-10-15(17(25)12-24)7-16-11-23-5-4-21-18(23)9-22-16/h1-6,9,11,15,17,25H,7-8,10,12,20H2/t15-,17+/m0/s1. The summed E-state index contributed by atoms with van der Waals surface area (Å²) in [7, 11) is 0. The summed E-state index contributed by atoms with van der Waals surface area (Å²) in [5.41, 5.74) is 8.85. The Labute approximate surface area is 151 Å². The van der Waals surface area contributed by atoms with Crippen molar-refractivity contribution in [3.63, 3.8) is 0 Å². The number of carbonyl (C=O) groups excluding carboxylic acids is 1. The van der Waals surface area contributed by atoms with Crippen molar-refractivity contribution in [2.24, 2.45) is 11.7 Å². The number of carbonyl (C=O) groups is 1. The Balaban J connectivity index is 1.47. The number of amides is 1. The van der Waals surface area contributed by atoms with Gasteiger partial charge in [0.25, 0.3) is 5.91 Å². The Morgan fingerprint density at radius 1 is 1.31 bits per heavy atom. The van der Waals surface area contributed by atoms with Crippen molar-refractivity contribution in [3.8, 4) is 0 Å². The maximum atomic E-state index is 12.7. The van der Waals surface area contributed by atoms with Crippen LogP contribution < -0.4 is 5.73 Å². The van der Waals surface area contributed by atoms with E-state index in [2.05, 4.69) is 9.97 Å². The van der Waals surface area contributed by atoms with Crippen LogP contribution in [-0.4, -0.2) is 49.5 Å². The molecule has 1 saturated heterocycles. The Kier molecular flexibility index (Phi) is 4.40.